The Morgan fingerprint density at radius 2 is 2.50 bits per heavy atom. The summed E-state index contributed by atoms with van der Waals surface area (Å²) in [5, 5.41) is 15.7. The summed E-state index contributed by atoms with van der Waals surface area (Å²) in [5.41, 5.74) is 0. The summed E-state index contributed by atoms with van der Waals surface area (Å²) in [6.45, 7) is 1.71. The summed E-state index contributed by atoms with van der Waals surface area (Å²) in [6.07, 6.45) is 0. The summed E-state index contributed by atoms with van der Waals surface area (Å²) in [7, 11) is 0. The molecule has 0 aromatic carbocycles. The van der Waals surface area contributed by atoms with Gasteiger partial charge in [-0.1, -0.05) is 11.8 Å². The molecule has 4 nitrogen and oxygen atoms in total. The Labute approximate surface area is 78.9 Å². The molecule has 0 aliphatic carbocycles. The van der Waals surface area contributed by atoms with Crippen molar-refractivity contribution in [3.63, 3.8) is 0 Å². The van der Waals surface area contributed by atoms with Crippen molar-refractivity contribution in [2.75, 3.05) is 5.75 Å². The van der Waals surface area contributed by atoms with Crippen LogP contribution < -0.4 is 0 Å². The lowest BCUT2D eigenvalue weighted by Crippen LogP contribution is -1.96. The highest BCUT2D eigenvalue weighted by Crippen LogP contribution is 2.17. The summed E-state index contributed by atoms with van der Waals surface area (Å²) in [4.78, 5) is 0. The molecule has 0 saturated heterocycles. The summed E-state index contributed by atoms with van der Waals surface area (Å²) in [5.74, 6) is 0.972. The second-order valence-corrected chi connectivity index (χ2v) is 3.49. The van der Waals surface area contributed by atoms with Gasteiger partial charge < -0.3 is 4.42 Å². The van der Waals surface area contributed by atoms with Crippen LogP contribution in [0.15, 0.2) is 9.64 Å². The third-order valence-electron chi connectivity index (χ3n) is 1.00. The van der Waals surface area contributed by atoms with Gasteiger partial charge in [-0.15, -0.1) is 21.8 Å². The topological polar surface area (TPSA) is 62.7 Å². The van der Waals surface area contributed by atoms with E-state index in [4.69, 9.17) is 21.3 Å². The smallest absolute Gasteiger partial charge is 0.276 e. The van der Waals surface area contributed by atoms with Crippen LogP contribution in [0.1, 0.15) is 5.89 Å². The van der Waals surface area contributed by atoms with Crippen molar-refractivity contribution in [1.82, 2.24) is 10.2 Å². The Bertz CT molecular complexity index is 295. The number of alkyl halides is 1. The van der Waals surface area contributed by atoms with Crippen LogP contribution in [-0.2, 0) is 0 Å². The number of aromatic nitrogens is 2. The van der Waals surface area contributed by atoms with E-state index in [1.54, 1.807) is 6.92 Å². The molecule has 1 atom stereocenters. The normalized spacial score (nSPS) is 12.4. The van der Waals surface area contributed by atoms with Gasteiger partial charge in [0.1, 0.15) is 5.38 Å². The molecule has 1 unspecified atom stereocenters. The predicted octanol–water partition coefficient (Wildman–Crippen LogP) is 1.60. The van der Waals surface area contributed by atoms with Gasteiger partial charge in [0.15, 0.2) is 0 Å². The van der Waals surface area contributed by atoms with Gasteiger partial charge >= 0.3 is 0 Å². The zero-order chi connectivity index (χ0) is 8.97. The Balaban J connectivity index is 2.39. The molecule has 1 aromatic heterocycles. The molecule has 0 aliphatic heterocycles. The molecule has 0 spiro atoms. The molecule has 0 amide bonds. The quantitative estimate of drug-likeness (QED) is 0.552. The molecule has 0 bridgehead atoms. The number of nitriles is 1. The number of nitrogens with zero attached hydrogens (tertiary/aromatic N) is 3. The van der Waals surface area contributed by atoms with E-state index in [-0.39, 0.29) is 0 Å². The van der Waals surface area contributed by atoms with Crippen LogP contribution in [0.5, 0.6) is 0 Å². The van der Waals surface area contributed by atoms with Crippen LogP contribution in [-0.4, -0.2) is 21.3 Å². The van der Waals surface area contributed by atoms with E-state index in [2.05, 4.69) is 10.2 Å². The Kier molecular flexibility index (Phi) is 3.38. The molecule has 64 valence electrons. The zero-order valence-corrected chi connectivity index (χ0v) is 7.89. The van der Waals surface area contributed by atoms with Gasteiger partial charge in [0.25, 0.3) is 5.22 Å². The third kappa shape index (κ3) is 2.72. The third-order valence-corrected chi connectivity index (χ3v) is 2.35. The van der Waals surface area contributed by atoms with E-state index in [1.165, 1.54) is 11.8 Å². The molecule has 6 heteroatoms. The van der Waals surface area contributed by atoms with Crippen LogP contribution in [0.3, 0.4) is 0 Å². The van der Waals surface area contributed by atoms with E-state index in [0.29, 0.717) is 16.9 Å². The van der Waals surface area contributed by atoms with Gasteiger partial charge in [0.2, 0.25) is 5.89 Å². The molecule has 0 radical (unpaired) electrons. The number of rotatable bonds is 3. The van der Waals surface area contributed by atoms with Crippen LogP contribution >= 0.6 is 23.4 Å². The predicted molar refractivity (Wildman–Crippen MR) is 45.0 cm³/mol. The van der Waals surface area contributed by atoms with Gasteiger partial charge in [-0.05, 0) is 0 Å². The van der Waals surface area contributed by atoms with E-state index in [0.717, 1.165) is 0 Å². The maximum atomic E-state index is 8.36. The number of hydrogen-bond donors (Lipinski definition) is 0. The van der Waals surface area contributed by atoms with Crippen molar-refractivity contribution in [1.29, 1.82) is 5.26 Å². The minimum atomic E-state index is -0.512. The molecule has 1 aromatic rings. The fourth-order valence-electron chi connectivity index (χ4n) is 0.518. The second kappa shape index (κ2) is 4.33. The number of thioether (sulfide) groups is 1. The van der Waals surface area contributed by atoms with E-state index in [9.17, 15) is 0 Å². The van der Waals surface area contributed by atoms with E-state index in [1.807, 2.05) is 6.07 Å². The summed E-state index contributed by atoms with van der Waals surface area (Å²) in [6, 6.07) is 1.90. The van der Waals surface area contributed by atoms with Crippen molar-refractivity contribution in [2.45, 2.75) is 17.5 Å². The molecule has 0 fully saturated rings. The SMILES string of the molecule is Cc1nnc(SCC(Cl)C#N)o1. The molecular formula is C6H6ClN3OS. The van der Waals surface area contributed by atoms with Gasteiger partial charge in [-0.25, -0.2) is 0 Å². The van der Waals surface area contributed by atoms with Crippen molar-refractivity contribution in [3.8, 4) is 6.07 Å². The Hall–Kier alpha value is -0.730. The highest BCUT2D eigenvalue weighted by molar-refractivity contribution is 7.99. The minimum absolute atomic E-state index is 0.452. The van der Waals surface area contributed by atoms with Gasteiger partial charge in [-0.3, -0.25) is 0 Å². The van der Waals surface area contributed by atoms with Crippen molar-refractivity contribution < 1.29 is 4.42 Å². The number of hydrogen-bond acceptors (Lipinski definition) is 5. The van der Waals surface area contributed by atoms with Crippen LogP contribution in [0.25, 0.3) is 0 Å². The molecular weight excluding hydrogens is 198 g/mol. The number of halogens is 1. The average Bonchev–Trinajstić information content (AvgIpc) is 2.47. The Morgan fingerprint density at radius 1 is 1.75 bits per heavy atom. The lowest BCUT2D eigenvalue weighted by molar-refractivity contribution is 0.429. The van der Waals surface area contributed by atoms with Gasteiger partial charge in [0, 0.05) is 12.7 Å². The van der Waals surface area contributed by atoms with Crippen LogP contribution in [0.4, 0.5) is 0 Å². The van der Waals surface area contributed by atoms with Crippen LogP contribution in [0, 0.1) is 18.3 Å². The molecule has 1 heterocycles. The fraction of sp³-hybridized carbons (Fsp3) is 0.500. The number of aryl methyl sites for hydroxylation is 1. The molecule has 12 heavy (non-hydrogen) atoms. The average molecular weight is 204 g/mol. The fourth-order valence-corrected chi connectivity index (χ4v) is 1.35. The maximum absolute atomic E-state index is 8.36. The highest BCUT2D eigenvalue weighted by atomic mass is 35.5. The first kappa shape index (κ1) is 9.36. The standard InChI is InChI=1S/C6H6ClN3OS/c1-4-9-10-6(11-4)12-3-5(7)2-8/h5H,3H2,1H3. The molecule has 1 rings (SSSR count). The molecule has 0 aliphatic rings. The van der Waals surface area contributed by atoms with E-state index >= 15 is 0 Å². The van der Waals surface area contributed by atoms with Crippen LogP contribution in [0.2, 0.25) is 0 Å². The van der Waals surface area contributed by atoms with Gasteiger partial charge in [0.05, 0.1) is 6.07 Å². The lowest BCUT2D eigenvalue weighted by Gasteiger charge is -1.93. The van der Waals surface area contributed by atoms with E-state index < -0.39 is 5.38 Å². The van der Waals surface area contributed by atoms with Gasteiger partial charge in [-0.2, -0.15) is 5.26 Å². The largest absolute Gasteiger partial charge is 0.416 e. The first-order chi connectivity index (χ1) is 5.72. The van der Waals surface area contributed by atoms with Crippen molar-refractivity contribution in [3.05, 3.63) is 5.89 Å². The second-order valence-electron chi connectivity index (χ2n) is 1.99. The Morgan fingerprint density at radius 3 is 3.00 bits per heavy atom. The highest BCUT2D eigenvalue weighted by Gasteiger charge is 2.07. The summed E-state index contributed by atoms with van der Waals surface area (Å²) >= 11 is 6.83. The zero-order valence-electron chi connectivity index (χ0n) is 6.32. The first-order valence-corrected chi connectivity index (χ1v) is 4.61. The monoisotopic (exact) mass is 203 g/mol. The first-order valence-electron chi connectivity index (χ1n) is 3.19. The van der Waals surface area contributed by atoms with Crippen molar-refractivity contribution in [2.24, 2.45) is 0 Å². The molecule has 0 N–H and O–H groups in total. The van der Waals surface area contributed by atoms with Crippen molar-refractivity contribution >= 4 is 23.4 Å². The maximum Gasteiger partial charge on any atom is 0.276 e. The molecule has 0 saturated carbocycles. The summed E-state index contributed by atoms with van der Waals surface area (Å²) < 4.78 is 5.05. The lowest BCUT2D eigenvalue weighted by atomic mass is 10.5. The minimum Gasteiger partial charge on any atom is -0.416 e.